The molecule has 0 radical (unpaired) electrons. The van der Waals surface area contributed by atoms with Crippen molar-refractivity contribution in [3.63, 3.8) is 0 Å². The smallest absolute Gasteiger partial charge is 0.253 e. The summed E-state index contributed by atoms with van der Waals surface area (Å²) in [5.41, 5.74) is 3.27. The molecule has 1 amide bonds. The lowest BCUT2D eigenvalue weighted by Crippen LogP contribution is -2.39. The number of aromatic nitrogens is 1. The number of nitrogens with one attached hydrogen (secondary N) is 1. The lowest BCUT2D eigenvalue weighted by atomic mass is 10.1. The Morgan fingerprint density at radius 2 is 1.97 bits per heavy atom. The second kappa shape index (κ2) is 8.71. The van der Waals surface area contributed by atoms with Gasteiger partial charge in [0.15, 0.2) is 0 Å². The monoisotopic (exact) mass is 406 g/mol. The van der Waals surface area contributed by atoms with Gasteiger partial charge in [-0.15, -0.1) is 0 Å². The van der Waals surface area contributed by atoms with Crippen molar-refractivity contribution in [3.8, 4) is 5.75 Å². The number of amides is 1. The quantitative estimate of drug-likeness (QED) is 0.680. The second-order valence-electron chi connectivity index (χ2n) is 7.76. The lowest BCUT2D eigenvalue weighted by Gasteiger charge is -2.25. The molecular weight excluding hydrogens is 380 g/mol. The zero-order valence-corrected chi connectivity index (χ0v) is 17.3. The van der Waals surface area contributed by atoms with E-state index >= 15 is 0 Å². The number of benzene rings is 2. The van der Waals surface area contributed by atoms with Crippen LogP contribution in [-0.2, 0) is 22.6 Å². The van der Waals surface area contributed by atoms with Crippen LogP contribution >= 0.6 is 0 Å². The van der Waals surface area contributed by atoms with E-state index in [1.54, 1.807) is 12.0 Å². The van der Waals surface area contributed by atoms with Crippen LogP contribution in [0.15, 0.2) is 53.3 Å². The van der Waals surface area contributed by atoms with Crippen LogP contribution in [0.3, 0.4) is 0 Å². The van der Waals surface area contributed by atoms with Crippen molar-refractivity contribution in [2.24, 2.45) is 0 Å². The van der Waals surface area contributed by atoms with E-state index in [1.807, 2.05) is 55.5 Å². The molecule has 30 heavy (non-hydrogen) atoms. The highest BCUT2D eigenvalue weighted by molar-refractivity contribution is 5.82. The van der Waals surface area contributed by atoms with E-state index in [0.717, 1.165) is 34.2 Å². The summed E-state index contributed by atoms with van der Waals surface area (Å²) in [6, 6.07) is 15.4. The summed E-state index contributed by atoms with van der Waals surface area (Å²) < 4.78 is 10.8. The molecule has 2 aromatic carbocycles. The average molecular weight is 406 g/mol. The molecule has 156 valence electrons. The van der Waals surface area contributed by atoms with Gasteiger partial charge < -0.3 is 19.4 Å². The van der Waals surface area contributed by atoms with Crippen LogP contribution in [0.25, 0.3) is 10.9 Å². The second-order valence-corrected chi connectivity index (χ2v) is 7.76. The molecule has 1 unspecified atom stereocenters. The first-order chi connectivity index (χ1) is 14.5. The van der Waals surface area contributed by atoms with Crippen LogP contribution < -0.4 is 10.3 Å². The molecule has 0 aliphatic carbocycles. The van der Waals surface area contributed by atoms with Gasteiger partial charge >= 0.3 is 0 Å². The van der Waals surface area contributed by atoms with Gasteiger partial charge in [-0.2, -0.15) is 0 Å². The zero-order chi connectivity index (χ0) is 21.1. The van der Waals surface area contributed by atoms with E-state index in [4.69, 9.17) is 9.47 Å². The highest BCUT2D eigenvalue weighted by atomic mass is 16.5. The minimum Gasteiger partial charge on any atom is -0.497 e. The van der Waals surface area contributed by atoms with Crippen molar-refractivity contribution in [1.29, 1.82) is 0 Å². The summed E-state index contributed by atoms with van der Waals surface area (Å²) in [6.07, 6.45) is 1.15. The summed E-state index contributed by atoms with van der Waals surface area (Å²) in [7, 11) is 1.62. The van der Waals surface area contributed by atoms with Crippen LogP contribution in [0.5, 0.6) is 5.75 Å². The first-order valence-electron chi connectivity index (χ1n) is 10.2. The number of aryl methyl sites for hydroxylation is 1. The van der Waals surface area contributed by atoms with E-state index in [1.165, 1.54) is 0 Å². The first-order valence-corrected chi connectivity index (χ1v) is 10.2. The summed E-state index contributed by atoms with van der Waals surface area (Å²) in [6.45, 7) is 3.24. The minimum atomic E-state index is -0.440. The normalized spacial score (nSPS) is 16.0. The molecule has 1 N–H and O–H groups in total. The summed E-state index contributed by atoms with van der Waals surface area (Å²) >= 11 is 0. The number of rotatable bonds is 6. The molecule has 0 spiro atoms. The van der Waals surface area contributed by atoms with E-state index in [9.17, 15) is 9.59 Å². The van der Waals surface area contributed by atoms with Crippen LogP contribution in [0, 0.1) is 6.92 Å². The van der Waals surface area contributed by atoms with Gasteiger partial charge in [-0.1, -0.05) is 23.8 Å². The van der Waals surface area contributed by atoms with Crippen LogP contribution in [-0.4, -0.2) is 35.6 Å². The molecule has 1 aromatic heterocycles. The summed E-state index contributed by atoms with van der Waals surface area (Å²) in [5.74, 6) is 0.684. The number of fused-ring (bicyclic) bond motifs is 1. The number of methoxy groups -OCH3 is 1. The van der Waals surface area contributed by atoms with Gasteiger partial charge in [0, 0.05) is 24.2 Å². The Bertz CT molecular complexity index is 1100. The molecule has 1 fully saturated rings. The third-order valence-corrected chi connectivity index (χ3v) is 5.49. The third kappa shape index (κ3) is 4.39. The Hall–Kier alpha value is -3.12. The number of nitrogens with zero attached hydrogens (tertiary/aromatic N) is 1. The molecule has 3 aromatic rings. The molecule has 2 heterocycles. The van der Waals surface area contributed by atoms with Crippen LogP contribution in [0.4, 0.5) is 0 Å². The van der Waals surface area contributed by atoms with Gasteiger partial charge in [0.05, 0.1) is 13.7 Å². The number of carbonyl (C=O) groups is 1. The number of hydrogen-bond donors (Lipinski definition) is 1. The fourth-order valence-corrected chi connectivity index (χ4v) is 3.83. The average Bonchev–Trinajstić information content (AvgIpc) is 3.29. The predicted molar refractivity (Wildman–Crippen MR) is 116 cm³/mol. The Kier molecular flexibility index (Phi) is 5.86. The standard InChI is InChI=1S/C24H26N2O4/c1-16-5-10-21-18(12-16)13-19(23(27)25-21)15-26(24(28)22-4-3-11-30-22)14-17-6-8-20(29-2)9-7-17/h5-10,12-13,22H,3-4,11,14-15H2,1-2H3,(H,25,27). The number of ether oxygens (including phenoxy) is 2. The molecule has 6 heteroatoms. The largest absolute Gasteiger partial charge is 0.497 e. The molecule has 0 saturated carbocycles. The molecule has 6 nitrogen and oxygen atoms in total. The Balaban J connectivity index is 1.64. The maximum Gasteiger partial charge on any atom is 0.253 e. The summed E-state index contributed by atoms with van der Waals surface area (Å²) in [5, 5.41) is 0.957. The van der Waals surface area contributed by atoms with Gasteiger partial charge in [0.2, 0.25) is 0 Å². The maximum atomic E-state index is 13.2. The molecule has 1 atom stereocenters. The van der Waals surface area contributed by atoms with Gasteiger partial charge in [-0.05, 0) is 61.0 Å². The Morgan fingerprint density at radius 3 is 2.67 bits per heavy atom. The van der Waals surface area contributed by atoms with E-state index in [-0.39, 0.29) is 18.0 Å². The van der Waals surface area contributed by atoms with Crippen molar-refractivity contribution >= 4 is 16.8 Å². The minimum absolute atomic E-state index is 0.0768. The van der Waals surface area contributed by atoms with Crippen LogP contribution in [0.2, 0.25) is 0 Å². The molecule has 0 bridgehead atoms. The van der Waals surface area contributed by atoms with Crippen LogP contribution in [0.1, 0.15) is 29.5 Å². The van der Waals surface area contributed by atoms with Gasteiger partial charge in [-0.3, -0.25) is 9.59 Å². The maximum absolute atomic E-state index is 13.2. The van der Waals surface area contributed by atoms with Crippen molar-refractivity contribution < 1.29 is 14.3 Å². The SMILES string of the molecule is COc1ccc(CN(Cc2cc3cc(C)ccc3[nH]c2=O)C(=O)C2CCCO2)cc1. The van der Waals surface area contributed by atoms with Crippen molar-refractivity contribution in [2.45, 2.75) is 39.0 Å². The molecular formula is C24H26N2O4. The van der Waals surface area contributed by atoms with Crippen molar-refractivity contribution in [3.05, 3.63) is 75.6 Å². The number of H-pyrrole nitrogens is 1. The summed E-state index contributed by atoms with van der Waals surface area (Å²) in [4.78, 5) is 30.5. The van der Waals surface area contributed by atoms with E-state index in [0.29, 0.717) is 25.1 Å². The number of aromatic amines is 1. The van der Waals surface area contributed by atoms with E-state index < -0.39 is 6.10 Å². The fourth-order valence-electron chi connectivity index (χ4n) is 3.83. The molecule has 1 saturated heterocycles. The fraction of sp³-hybridized carbons (Fsp3) is 0.333. The first kappa shape index (κ1) is 20.2. The molecule has 1 aliphatic rings. The Morgan fingerprint density at radius 1 is 1.17 bits per heavy atom. The number of hydrogen-bond acceptors (Lipinski definition) is 4. The van der Waals surface area contributed by atoms with E-state index in [2.05, 4.69) is 4.98 Å². The number of carbonyl (C=O) groups excluding carboxylic acids is 1. The van der Waals surface area contributed by atoms with Gasteiger partial charge in [0.1, 0.15) is 11.9 Å². The lowest BCUT2D eigenvalue weighted by molar-refractivity contribution is -0.142. The highest BCUT2D eigenvalue weighted by Crippen LogP contribution is 2.20. The number of pyridine rings is 1. The highest BCUT2D eigenvalue weighted by Gasteiger charge is 2.29. The topological polar surface area (TPSA) is 71.6 Å². The van der Waals surface area contributed by atoms with Gasteiger partial charge in [0.25, 0.3) is 11.5 Å². The third-order valence-electron chi connectivity index (χ3n) is 5.49. The predicted octanol–water partition coefficient (Wildman–Crippen LogP) is 3.55. The molecule has 4 rings (SSSR count). The van der Waals surface area contributed by atoms with Crippen molar-refractivity contribution in [2.75, 3.05) is 13.7 Å². The Labute approximate surface area is 175 Å². The van der Waals surface area contributed by atoms with Gasteiger partial charge in [-0.25, -0.2) is 0 Å². The molecule has 1 aliphatic heterocycles. The van der Waals surface area contributed by atoms with Crippen molar-refractivity contribution in [1.82, 2.24) is 9.88 Å². The zero-order valence-electron chi connectivity index (χ0n) is 17.3.